The molecule has 22 heavy (non-hydrogen) atoms. The molecular weight excluding hydrogens is 278 g/mol. The van der Waals surface area contributed by atoms with Gasteiger partial charge in [-0.2, -0.15) is 5.10 Å². The lowest BCUT2D eigenvalue weighted by Gasteiger charge is -2.30. The first-order chi connectivity index (χ1) is 10.4. The largest absolute Gasteiger partial charge is 0.381 e. The summed E-state index contributed by atoms with van der Waals surface area (Å²) >= 11 is 0. The highest BCUT2D eigenvalue weighted by molar-refractivity contribution is 5.81. The highest BCUT2D eigenvalue weighted by Gasteiger charge is 2.32. The van der Waals surface area contributed by atoms with Gasteiger partial charge >= 0.3 is 0 Å². The van der Waals surface area contributed by atoms with Gasteiger partial charge in [-0.05, 0) is 24.8 Å². The van der Waals surface area contributed by atoms with Crippen LogP contribution >= 0.6 is 0 Å². The molecule has 5 nitrogen and oxygen atoms in total. The average Bonchev–Trinajstić information content (AvgIpc) is 3.20. The molecule has 0 saturated heterocycles. The molecule has 2 heterocycles. The quantitative estimate of drug-likeness (QED) is 0.857. The molecule has 0 bridgehead atoms. The van der Waals surface area contributed by atoms with Gasteiger partial charge in [-0.15, -0.1) is 0 Å². The monoisotopic (exact) mass is 305 g/mol. The van der Waals surface area contributed by atoms with Crippen molar-refractivity contribution in [1.29, 1.82) is 0 Å². The minimum Gasteiger partial charge on any atom is -0.381 e. The average molecular weight is 305 g/mol. The van der Waals surface area contributed by atoms with Crippen LogP contribution in [0.4, 0.5) is 0 Å². The first kappa shape index (κ1) is 15.5. The summed E-state index contributed by atoms with van der Waals surface area (Å²) in [6.07, 6.45) is 4.44. The Morgan fingerprint density at radius 1 is 1.27 bits per heavy atom. The maximum Gasteiger partial charge on any atom is 0.228 e. The molecule has 1 aliphatic carbocycles. The molecule has 1 fully saturated rings. The standard InChI is InChI=1S/C17H27N3O2/c1-17(2,3)16(21)19-8-14(12-22-11-13-4-5-13)9-20-15(10-19)6-7-18-20/h6-7,13-14H,4-5,8-12H2,1-3H3. The van der Waals surface area contributed by atoms with E-state index >= 15 is 0 Å². The van der Waals surface area contributed by atoms with E-state index in [1.807, 2.05) is 42.6 Å². The van der Waals surface area contributed by atoms with Crippen LogP contribution in [0.3, 0.4) is 0 Å². The fraction of sp³-hybridized carbons (Fsp3) is 0.765. The predicted molar refractivity (Wildman–Crippen MR) is 84.1 cm³/mol. The molecule has 0 radical (unpaired) electrons. The van der Waals surface area contributed by atoms with Gasteiger partial charge in [0.05, 0.1) is 18.8 Å². The maximum absolute atomic E-state index is 12.7. The Kier molecular flexibility index (Phi) is 4.26. The number of ether oxygens (including phenoxy) is 1. The molecule has 1 atom stereocenters. The van der Waals surface area contributed by atoms with Gasteiger partial charge < -0.3 is 9.64 Å². The molecule has 0 aromatic carbocycles. The van der Waals surface area contributed by atoms with Crippen LogP contribution in [0, 0.1) is 17.3 Å². The van der Waals surface area contributed by atoms with Crippen LogP contribution in [0.2, 0.25) is 0 Å². The molecule has 0 N–H and O–H groups in total. The minimum atomic E-state index is -0.353. The van der Waals surface area contributed by atoms with E-state index < -0.39 is 0 Å². The Balaban J connectivity index is 1.69. The smallest absolute Gasteiger partial charge is 0.228 e. The maximum atomic E-state index is 12.7. The van der Waals surface area contributed by atoms with Crippen molar-refractivity contribution in [3.63, 3.8) is 0 Å². The van der Waals surface area contributed by atoms with Crippen LogP contribution in [0.15, 0.2) is 12.3 Å². The van der Waals surface area contributed by atoms with Gasteiger partial charge in [-0.1, -0.05) is 20.8 Å². The summed E-state index contributed by atoms with van der Waals surface area (Å²) < 4.78 is 7.91. The van der Waals surface area contributed by atoms with Gasteiger partial charge in [0.1, 0.15) is 0 Å². The second-order valence-corrected chi connectivity index (χ2v) is 7.79. The van der Waals surface area contributed by atoms with Crippen LogP contribution in [0.5, 0.6) is 0 Å². The van der Waals surface area contributed by atoms with Gasteiger partial charge in [0, 0.05) is 37.2 Å². The molecule has 1 aliphatic heterocycles. The summed E-state index contributed by atoms with van der Waals surface area (Å²) in [6.45, 7) is 9.77. The van der Waals surface area contributed by atoms with E-state index in [0.717, 1.165) is 31.3 Å². The lowest BCUT2D eigenvalue weighted by molar-refractivity contribution is -0.141. The number of amides is 1. The van der Waals surface area contributed by atoms with Crippen molar-refractivity contribution in [2.24, 2.45) is 17.3 Å². The summed E-state index contributed by atoms with van der Waals surface area (Å²) in [5.74, 6) is 1.29. The second kappa shape index (κ2) is 6.03. The summed E-state index contributed by atoms with van der Waals surface area (Å²) in [5.41, 5.74) is 0.761. The fourth-order valence-corrected chi connectivity index (χ4v) is 2.95. The van der Waals surface area contributed by atoms with E-state index in [1.54, 1.807) is 0 Å². The van der Waals surface area contributed by atoms with Crippen molar-refractivity contribution >= 4 is 5.91 Å². The van der Waals surface area contributed by atoms with Crippen molar-refractivity contribution in [2.45, 2.75) is 46.7 Å². The van der Waals surface area contributed by atoms with E-state index in [1.165, 1.54) is 12.8 Å². The summed E-state index contributed by atoms with van der Waals surface area (Å²) in [7, 11) is 0. The van der Waals surface area contributed by atoms with Crippen LogP contribution in [-0.4, -0.2) is 40.3 Å². The zero-order valence-electron chi connectivity index (χ0n) is 13.9. The summed E-state index contributed by atoms with van der Waals surface area (Å²) in [6, 6.07) is 2.01. The molecule has 0 spiro atoms. The normalized spacial score (nSPS) is 22.3. The molecule has 1 saturated carbocycles. The third kappa shape index (κ3) is 3.69. The molecule has 122 valence electrons. The van der Waals surface area contributed by atoms with Crippen LogP contribution in [0.1, 0.15) is 39.3 Å². The van der Waals surface area contributed by atoms with Crippen LogP contribution in [-0.2, 0) is 22.6 Å². The van der Waals surface area contributed by atoms with E-state index in [9.17, 15) is 4.79 Å². The number of hydrogen-bond acceptors (Lipinski definition) is 3. The molecule has 3 rings (SSSR count). The lowest BCUT2D eigenvalue weighted by atomic mass is 9.94. The number of carbonyl (C=O) groups is 1. The van der Waals surface area contributed by atoms with Gasteiger partial charge in [0.25, 0.3) is 0 Å². The van der Waals surface area contributed by atoms with Crippen molar-refractivity contribution in [1.82, 2.24) is 14.7 Å². The Morgan fingerprint density at radius 3 is 2.68 bits per heavy atom. The topological polar surface area (TPSA) is 47.4 Å². The molecule has 1 aromatic rings. The SMILES string of the molecule is CC(C)(C)C(=O)N1Cc2ccnn2CC(COCC2CC2)C1. The van der Waals surface area contributed by atoms with E-state index in [-0.39, 0.29) is 11.3 Å². The molecular formula is C17H27N3O2. The number of hydrogen-bond donors (Lipinski definition) is 0. The minimum absolute atomic E-state index is 0.203. The van der Waals surface area contributed by atoms with E-state index in [0.29, 0.717) is 19.1 Å². The zero-order valence-corrected chi connectivity index (χ0v) is 13.9. The molecule has 5 heteroatoms. The van der Waals surface area contributed by atoms with Crippen molar-refractivity contribution < 1.29 is 9.53 Å². The Hall–Kier alpha value is -1.36. The summed E-state index contributed by atoms with van der Waals surface area (Å²) in [5, 5.41) is 4.40. The zero-order chi connectivity index (χ0) is 15.7. The number of fused-ring (bicyclic) bond motifs is 1. The third-order valence-corrected chi connectivity index (χ3v) is 4.40. The van der Waals surface area contributed by atoms with Gasteiger partial charge in [-0.3, -0.25) is 9.48 Å². The van der Waals surface area contributed by atoms with Crippen molar-refractivity contribution in [3.05, 3.63) is 18.0 Å². The number of rotatable bonds is 4. The fourth-order valence-electron chi connectivity index (χ4n) is 2.95. The highest BCUT2D eigenvalue weighted by atomic mass is 16.5. The lowest BCUT2D eigenvalue weighted by Crippen LogP contribution is -2.41. The van der Waals surface area contributed by atoms with Gasteiger partial charge in [-0.25, -0.2) is 0 Å². The van der Waals surface area contributed by atoms with E-state index in [4.69, 9.17) is 4.74 Å². The highest BCUT2D eigenvalue weighted by Crippen LogP contribution is 2.29. The van der Waals surface area contributed by atoms with Crippen molar-refractivity contribution in [2.75, 3.05) is 19.8 Å². The molecule has 1 amide bonds. The number of carbonyl (C=O) groups excluding carboxylic acids is 1. The Bertz CT molecular complexity index is 528. The van der Waals surface area contributed by atoms with Crippen LogP contribution in [0.25, 0.3) is 0 Å². The van der Waals surface area contributed by atoms with E-state index in [2.05, 4.69) is 5.10 Å². The van der Waals surface area contributed by atoms with Gasteiger partial charge in [0.2, 0.25) is 5.91 Å². The predicted octanol–water partition coefficient (Wildman–Crippen LogP) is 2.31. The molecule has 2 aliphatic rings. The number of nitrogens with zero attached hydrogens (tertiary/aromatic N) is 3. The first-order valence-electron chi connectivity index (χ1n) is 8.31. The first-order valence-corrected chi connectivity index (χ1v) is 8.31. The van der Waals surface area contributed by atoms with Crippen molar-refractivity contribution in [3.8, 4) is 0 Å². The Morgan fingerprint density at radius 2 is 2.00 bits per heavy atom. The van der Waals surface area contributed by atoms with Gasteiger partial charge in [0.15, 0.2) is 0 Å². The second-order valence-electron chi connectivity index (χ2n) is 7.79. The van der Waals surface area contributed by atoms with Crippen LogP contribution < -0.4 is 0 Å². The number of aromatic nitrogens is 2. The third-order valence-electron chi connectivity index (χ3n) is 4.40. The molecule has 1 aromatic heterocycles. The molecule has 1 unspecified atom stereocenters. The Labute approximate surface area is 132 Å². The summed E-state index contributed by atoms with van der Waals surface area (Å²) in [4.78, 5) is 14.7.